The summed E-state index contributed by atoms with van der Waals surface area (Å²) in [5.41, 5.74) is 0.732. The fourth-order valence-electron chi connectivity index (χ4n) is 1.95. The molecule has 0 atom stereocenters. The van der Waals surface area contributed by atoms with Gasteiger partial charge in [0.2, 0.25) is 5.76 Å². The molecule has 0 heterocycles. The van der Waals surface area contributed by atoms with E-state index < -0.39 is 23.3 Å². The Morgan fingerprint density at radius 3 is 2.64 bits per heavy atom. The highest BCUT2D eigenvalue weighted by Gasteiger charge is 2.11. The van der Waals surface area contributed by atoms with E-state index in [1.807, 2.05) is 6.07 Å². The number of rotatable bonds is 6. The van der Waals surface area contributed by atoms with Gasteiger partial charge < -0.3 is 14.9 Å². The van der Waals surface area contributed by atoms with Crippen LogP contribution in [0.25, 0.3) is 0 Å². The number of carbonyl (C=O) groups is 2. The quantitative estimate of drug-likeness (QED) is 0.475. The average Bonchev–Trinajstić information content (AvgIpc) is 2.60. The fourth-order valence-corrected chi connectivity index (χ4v) is 1.95. The van der Waals surface area contributed by atoms with Gasteiger partial charge in [-0.3, -0.25) is 4.79 Å². The Morgan fingerprint density at radius 2 is 1.96 bits per heavy atom. The van der Waals surface area contributed by atoms with E-state index in [-0.39, 0.29) is 17.7 Å². The zero-order valence-electron chi connectivity index (χ0n) is 12.8. The van der Waals surface area contributed by atoms with Crippen molar-refractivity contribution < 1.29 is 28.9 Å². The number of carbonyl (C=O) groups excluding carboxylic acids is 1. The minimum absolute atomic E-state index is 0.0168. The molecule has 0 saturated heterocycles. The van der Waals surface area contributed by atoms with Crippen LogP contribution in [0.2, 0.25) is 0 Å². The predicted octanol–water partition coefficient (Wildman–Crippen LogP) is 2.99. The third kappa shape index (κ3) is 4.65. The number of hydrogen-bond acceptors (Lipinski definition) is 5. The molecule has 2 N–H and O–H groups in total. The van der Waals surface area contributed by atoms with Gasteiger partial charge in [-0.25, -0.2) is 9.18 Å². The number of halogens is 1. The van der Waals surface area contributed by atoms with Crippen LogP contribution >= 0.6 is 0 Å². The lowest BCUT2D eigenvalue weighted by Gasteiger charge is -2.08. The maximum absolute atomic E-state index is 13.1. The number of aliphatic carboxylic acids is 1. The van der Waals surface area contributed by atoms with Crippen LogP contribution in [0.15, 0.2) is 54.3 Å². The van der Waals surface area contributed by atoms with Gasteiger partial charge >= 0.3 is 5.97 Å². The molecule has 0 bridgehead atoms. The van der Waals surface area contributed by atoms with Crippen molar-refractivity contribution >= 4 is 11.8 Å². The summed E-state index contributed by atoms with van der Waals surface area (Å²) >= 11 is 0. The largest absolute Gasteiger partial charge is 0.502 e. The molecule has 0 spiro atoms. The number of aliphatic hydroxyl groups excluding tert-OH is 1. The van der Waals surface area contributed by atoms with E-state index in [1.165, 1.54) is 30.3 Å². The zero-order valence-corrected chi connectivity index (χ0v) is 12.8. The highest BCUT2D eigenvalue weighted by Crippen LogP contribution is 2.18. The number of carboxylic acid groups (broad SMARTS) is 1. The molecule has 0 aliphatic heterocycles. The highest BCUT2D eigenvalue weighted by molar-refractivity contribution is 6.07. The van der Waals surface area contributed by atoms with Crippen molar-refractivity contribution in [2.45, 2.75) is 6.61 Å². The molecule has 2 rings (SSSR count). The van der Waals surface area contributed by atoms with Crippen molar-refractivity contribution in [3.63, 3.8) is 0 Å². The molecule has 6 nitrogen and oxygen atoms in total. The molecule has 0 fully saturated rings. The second-order valence-corrected chi connectivity index (χ2v) is 4.93. The summed E-state index contributed by atoms with van der Waals surface area (Å²) < 4.78 is 18.6. The van der Waals surface area contributed by atoms with Crippen LogP contribution in [0.4, 0.5) is 4.39 Å². The Labute approximate surface area is 142 Å². The summed E-state index contributed by atoms with van der Waals surface area (Å²) in [5, 5.41) is 26.7. The van der Waals surface area contributed by atoms with Crippen LogP contribution in [0.1, 0.15) is 21.5 Å². The number of nitriles is 1. The Kier molecular flexibility index (Phi) is 5.48. The molecule has 0 unspecified atom stereocenters. The van der Waals surface area contributed by atoms with Gasteiger partial charge in [-0.2, -0.15) is 5.26 Å². The van der Waals surface area contributed by atoms with Crippen molar-refractivity contribution in [3.8, 4) is 11.8 Å². The Balaban J connectivity index is 2.15. The summed E-state index contributed by atoms with van der Waals surface area (Å²) in [7, 11) is 0. The molecule has 25 heavy (non-hydrogen) atoms. The summed E-state index contributed by atoms with van der Waals surface area (Å²) in [4.78, 5) is 22.4. The van der Waals surface area contributed by atoms with Crippen LogP contribution in [0.5, 0.6) is 5.75 Å². The fraction of sp³-hybridized carbons (Fsp3) is 0.0556. The van der Waals surface area contributed by atoms with Crippen LogP contribution in [0, 0.1) is 17.1 Å². The summed E-state index contributed by atoms with van der Waals surface area (Å²) in [5.74, 6) is -3.62. The number of aliphatic hydroxyl groups is 1. The number of benzene rings is 2. The first-order valence-corrected chi connectivity index (χ1v) is 7.00. The maximum Gasteiger partial charge on any atom is 0.371 e. The summed E-state index contributed by atoms with van der Waals surface area (Å²) in [6.07, 6.45) is 0.592. The number of hydrogen-bond donors (Lipinski definition) is 2. The molecule has 0 amide bonds. The molecule has 2 aromatic carbocycles. The normalized spacial score (nSPS) is 10.8. The molecule has 7 heteroatoms. The van der Waals surface area contributed by atoms with Crippen molar-refractivity contribution in [3.05, 3.63) is 76.8 Å². The molecular formula is C18H12FNO5. The molecular weight excluding hydrogens is 329 g/mol. The van der Waals surface area contributed by atoms with E-state index in [1.54, 1.807) is 6.07 Å². The minimum atomic E-state index is -1.61. The third-order valence-corrected chi connectivity index (χ3v) is 3.19. The summed E-state index contributed by atoms with van der Waals surface area (Å²) in [6, 6.07) is 11.5. The van der Waals surface area contributed by atoms with Crippen LogP contribution in [-0.4, -0.2) is 22.0 Å². The summed E-state index contributed by atoms with van der Waals surface area (Å²) in [6.45, 7) is -0.0168. The molecule has 0 saturated carbocycles. The lowest BCUT2D eigenvalue weighted by molar-refractivity contribution is -0.135. The topological polar surface area (TPSA) is 108 Å². The van der Waals surface area contributed by atoms with Crippen LogP contribution < -0.4 is 4.74 Å². The molecule has 2 aromatic rings. The van der Waals surface area contributed by atoms with E-state index in [0.29, 0.717) is 17.4 Å². The van der Waals surface area contributed by atoms with Gasteiger partial charge in [0.25, 0.3) is 0 Å². The minimum Gasteiger partial charge on any atom is -0.502 e. The van der Waals surface area contributed by atoms with Gasteiger partial charge in [-0.05, 0) is 24.3 Å². The first kappa shape index (κ1) is 17.7. The molecule has 0 aliphatic carbocycles. The maximum atomic E-state index is 13.1. The Hall–Kier alpha value is -3.66. The van der Waals surface area contributed by atoms with E-state index >= 15 is 0 Å². The monoisotopic (exact) mass is 341 g/mol. The first-order valence-electron chi connectivity index (χ1n) is 7.00. The molecule has 0 radical (unpaired) electrons. The smallest absolute Gasteiger partial charge is 0.371 e. The lowest BCUT2D eigenvalue weighted by Crippen LogP contribution is -2.04. The average molecular weight is 341 g/mol. The molecule has 0 aliphatic rings. The van der Waals surface area contributed by atoms with Gasteiger partial charge in [0.1, 0.15) is 18.2 Å². The van der Waals surface area contributed by atoms with Crippen molar-refractivity contribution in [2.75, 3.05) is 0 Å². The van der Waals surface area contributed by atoms with Gasteiger partial charge in [-0.1, -0.05) is 18.2 Å². The van der Waals surface area contributed by atoms with E-state index in [0.717, 1.165) is 6.07 Å². The van der Waals surface area contributed by atoms with Crippen LogP contribution in [-0.2, 0) is 11.4 Å². The lowest BCUT2D eigenvalue weighted by atomic mass is 10.1. The third-order valence-electron chi connectivity index (χ3n) is 3.19. The zero-order chi connectivity index (χ0) is 18.4. The number of carboxylic acids is 1. The SMILES string of the molecule is N#Cc1cc(F)ccc1COc1cccc(C(=O)/C=C(\O)C(=O)O)c1. The highest BCUT2D eigenvalue weighted by atomic mass is 19.1. The Morgan fingerprint density at radius 1 is 1.20 bits per heavy atom. The van der Waals surface area contributed by atoms with Crippen molar-refractivity contribution in [1.29, 1.82) is 5.26 Å². The first-order chi connectivity index (χ1) is 11.9. The molecule has 126 valence electrons. The van der Waals surface area contributed by atoms with Crippen molar-refractivity contribution in [1.82, 2.24) is 0 Å². The number of ketones is 1. The van der Waals surface area contributed by atoms with Gasteiger partial charge in [-0.15, -0.1) is 0 Å². The van der Waals surface area contributed by atoms with Gasteiger partial charge in [0.05, 0.1) is 11.6 Å². The second kappa shape index (κ2) is 7.75. The van der Waals surface area contributed by atoms with Gasteiger partial charge in [0, 0.05) is 17.2 Å². The van der Waals surface area contributed by atoms with Crippen molar-refractivity contribution in [2.24, 2.45) is 0 Å². The number of allylic oxidation sites excluding steroid dienone is 1. The van der Waals surface area contributed by atoms with Gasteiger partial charge in [0.15, 0.2) is 5.78 Å². The standard InChI is InChI=1S/C18H12FNO5/c19-14-5-4-12(13(6-14)9-20)10-25-15-3-1-2-11(7-15)16(21)8-17(22)18(23)24/h1-8,22H,10H2,(H,23,24)/b17-8-. The van der Waals surface area contributed by atoms with E-state index in [9.17, 15) is 14.0 Å². The predicted molar refractivity (Wildman–Crippen MR) is 84.6 cm³/mol. The molecule has 0 aromatic heterocycles. The van der Waals surface area contributed by atoms with Crippen LogP contribution in [0.3, 0.4) is 0 Å². The van der Waals surface area contributed by atoms with E-state index in [2.05, 4.69) is 0 Å². The van der Waals surface area contributed by atoms with E-state index in [4.69, 9.17) is 20.2 Å². The second-order valence-electron chi connectivity index (χ2n) is 4.93. The number of ether oxygens (including phenoxy) is 1. The Bertz CT molecular complexity index is 899. The number of nitrogens with zero attached hydrogens (tertiary/aromatic N) is 1.